The fraction of sp³-hybridized carbons (Fsp3) is 0.400. The molecule has 16 nitrogen and oxygen atoms in total. The van der Waals surface area contributed by atoms with Crippen molar-refractivity contribution in [2.24, 2.45) is 13.0 Å². The van der Waals surface area contributed by atoms with Gasteiger partial charge in [0.15, 0.2) is 10.8 Å². The Balaban J connectivity index is 0.691. The second-order valence-corrected chi connectivity index (χ2v) is 23.0. The van der Waals surface area contributed by atoms with Gasteiger partial charge in [-0.25, -0.2) is 14.8 Å². The predicted molar refractivity (Wildman–Crippen MR) is 299 cm³/mol. The standard InChI is InChI=1S/C60H65N9O7S/c1-36-34-40(75-39-19-16-37(17-20-39)18-27-52(71)68-32-30-67(31-33-68)48-14-9-12-44-53(65-66(5)55(44)48)45-24-26-51(70)63-57(45)73)21-22-41(36)42-23-25-50(62-54(42)58(74)76-60(2,3)4)69-29-28-38-10-8-11-43(46(38)35-69)56(72)64-59-61-47-13-6-7-15-49(47)77-59/h6-15,21-23,25,34,37,39,45H,16-20,24,26-33,35H2,1-5H3,(H,61,64,72)(H,63,70,73)/t37-,39-,45?. The van der Waals surface area contributed by atoms with Gasteiger partial charge in [-0.15, -0.1) is 0 Å². The Morgan fingerprint density at radius 1 is 0.818 bits per heavy atom. The SMILES string of the molecule is Cc1cc(O[C@H]2CC[C@H](CCC(=O)N3CCN(c4cccc5c(C6CCC(=O)NC6=O)nn(C)c45)CC3)CC2)ccc1-c1ccc(N2CCc3cccc(C(=O)Nc4nc5ccccc5s4)c3C2)nc1C(=O)OC(C)(C)C. The molecular formula is C60H65N9O7S. The number of fused-ring (bicyclic) bond motifs is 3. The van der Waals surface area contributed by atoms with Gasteiger partial charge in [0.1, 0.15) is 17.2 Å². The van der Waals surface area contributed by atoms with E-state index >= 15 is 0 Å². The number of nitrogens with zero attached hydrogens (tertiary/aromatic N) is 7. The van der Waals surface area contributed by atoms with Gasteiger partial charge in [-0.2, -0.15) is 5.10 Å². The molecule has 0 radical (unpaired) electrons. The van der Waals surface area contributed by atoms with Crippen molar-refractivity contribution in [3.63, 3.8) is 0 Å². The maximum atomic E-state index is 14.0. The molecule has 3 aromatic heterocycles. The second-order valence-electron chi connectivity index (χ2n) is 22.0. The molecule has 11 rings (SSSR count). The quantitative estimate of drug-likeness (QED) is 0.0875. The maximum Gasteiger partial charge on any atom is 0.358 e. The summed E-state index contributed by atoms with van der Waals surface area (Å²) in [5, 5.41) is 11.7. The molecule has 2 saturated heterocycles. The summed E-state index contributed by atoms with van der Waals surface area (Å²) in [5.41, 5.74) is 8.08. The van der Waals surface area contributed by atoms with Crippen molar-refractivity contribution < 1.29 is 33.4 Å². The number of anilines is 3. The zero-order chi connectivity index (χ0) is 53.5. The summed E-state index contributed by atoms with van der Waals surface area (Å²) >= 11 is 1.44. The number of nitrogens with one attached hydrogen (secondary N) is 2. The molecule has 4 aromatic carbocycles. The third-order valence-corrected chi connectivity index (χ3v) is 16.5. The number of thiazole rings is 1. The van der Waals surface area contributed by atoms with Gasteiger partial charge in [-0.05, 0) is 149 Å². The molecular weight excluding hydrogens is 991 g/mol. The van der Waals surface area contributed by atoms with Crippen LogP contribution in [0.2, 0.25) is 0 Å². The summed E-state index contributed by atoms with van der Waals surface area (Å²) in [6.07, 6.45) is 6.72. The Labute approximate surface area is 452 Å². The van der Waals surface area contributed by atoms with Crippen molar-refractivity contribution in [3.8, 4) is 16.9 Å². The zero-order valence-corrected chi connectivity index (χ0v) is 45.2. The molecule has 3 fully saturated rings. The van der Waals surface area contributed by atoms with Gasteiger partial charge in [-0.3, -0.25) is 34.5 Å². The highest BCUT2D eigenvalue weighted by atomic mass is 32.1. The van der Waals surface area contributed by atoms with Crippen LogP contribution in [-0.2, 0) is 39.1 Å². The number of aromatic nitrogens is 4. The van der Waals surface area contributed by atoms with Crippen LogP contribution >= 0.6 is 11.3 Å². The summed E-state index contributed by atoms with van der Waals surface area (Å²) in [7, 11) is 1.90. The number of ether oxygens (including phenoxy) is 2. The van der Waals surface area contributed by atoms with E-state index in [2.05, 4.69) is 37.6 Å². The van der Waals surface area contributed by atoms with Crippen LogP contribution < -0.4 is 25.2 Å². The lowest BCUT2D eigenvalue weighted by Gasteiger charge is -2.37. The highest BCUT2D eigenvalue weighted by molar-refractivity contribution is 7.22. The van der Waals surface area contributed by atoms with Gasteiger partial charge in [0, 0.05) is 75.7 Å². The molecule has 1 unspecified atom stereocenters. The topological polar surface area (TPSA) is 181 Å². The summed E-state index contributed by atoms with van der Waals surface area (Å²) in [4.78, 5) is 82.0. The number of para-hydroxylation sites is 2. The second kappa shape index (κ2) is 21.4. The number of hydrogen-bond donors (Lipinski definition) is 2. The minimum atomic E-state index is -0.743. The van der Waals surface area contributed by atoms with Crippen LogP contribution in [0.25, 0.3) is 32.2 Å². The van der Waals surface area contributed by atoms with Crippen molar-refractivity contribution in [1.29, 1.82) is 0 Å². The molecule has 1 atom stereocenters. The third-order valence-electron chi connectivity index (χ3n) is 15.6. The number of piperazine rings is 1. The fourth-order valence-electron chi connectivity index (χ4n) is 11.6. The van der Waals surface area contributed by atoms with Crippen LogP contribution in [0, 0.1) is 12.8 Å². The van der Waals surface area contributed by atoms with Gasteiger partial charge in [0.05, 0.1) is 39.1 Å². The highest BCUT2D eigenvalue weighted by Crippen LogP contribution is 2.38. The number of benzene rings is 4. The van der Waals surface area contributed by atoms with Crippen LogP contribution in [-0.4, -0.2) is 98.7 Å². The van der Waals surface area contributed by atoms with Gasteiger partial charge >= 0.3 is 5.97 Å². The lowest BCUT2D eigenvalue weighted by molar-refractivity contribution is -0.134. The van der Waals surface area contributed by atoms with E-state index in [0.29, 0.717) is 98.6 Å². The Hall–Kier alpha value is -7.66. The number of hydrogen-bond acceptors (Lipinski definition) is 13. The van der Waals surface area contributed by atoms with Gasteiger partial charge < -0.3 is 24.2 Å². The molecule has 1 aliphatic carbocycles. The summed E-state index contributed by atoms with van der Waals surface area (Å²) in [6, 6.07) is 29.6. The first kappa shape index (κ1) is 51.4. The van der Waals surface area contributed by atoms with Crippen LogP contribution in [0.1, 0.15) is 121 Å². The summed E-state index contributed by atoms with van der Waals surface area (Å²) in [6.45, 7) is 11.3. The molecule has 4 aliphatic rings. The number of carbonyl (C=O) groups excluding carboxylic acids is 5. The normalized spacial score (nSPS) is 19.0. The minimum absolute atomic E-state index is 0.0660. The van der Waals surface area contributed by atoms with Crippen molar-refractivity contribution in [2.75, 3.05) is 47.8 Å². The number of pyridine rings is 1. The van der Waals surface area contributed by atoms with Crippen molar-refractivity contribution >= 4 is 78.7 Å². The van der Waals surface area contributed by atoms with E-state index in [1.54, 1.807) is 0 Å². The molecule has 0 spiro atoms. The highest BCUT2D eigenvalue weighted by Gasteiger charge is 2.34. The minimum Gasteiger partial charge on any atom is -0.490 e. The van der Waals surface area contributed by atoms with Gasteiger partial charge in [0.25, 0.3) is 5.91 Å². The zero-order valence-electron chi connectivity index (χ0n) is 44.4. The molecule has 77 heavy (non-hydrogen) atoms. The molecule has 398 valence electrons. The number of rotatable bonds is 12. The summed E-state index contributed by atoms with van der Waals surface area (Å²) < 4.78 is 15.4. The first-order valence-electron chi connectivity index (χ1n) is 27.0. The molecule has 3 aliphatic heterocycles. The maximum absolute atomic E-state index is 14.0. The van der Waals surface area contributed by atoms with Crippen molar-refractivity contribution in [2.45, 2.75) is 110 Å². The molecule has 17 heteroatoms. The van der Waals surface area contributed by atoms with Crippen LogP contribution in [0.5, 0.6) is 5.75 Å². The molecule has 6 heterocycles. The molecule has 4 amide bonds. The molecule has 7 aromatic rings. The number of carbonyl (C=O) groups is 5. The lowest BCUT2D eigenvalue weighted by atomic mass is 9.84. The summed E-state index contributed by atoms with van der Waals surface area (Å²) in [5.74, 6) is 0.334. The number of imide groups is 1. The lowest BCUT2D eigenvalue weighted by Crippen LogP contribution is -2.49. The average Bonchev–Trinajstić information content (AvgIpc) is 4.00. The van der Waals surface area contributed by atoms with E-state index in [1.807, 2.05) is 123 Å². The Morgan fingerprint density at radius 2 is 1.60 bits per heavy atom. The van der Waals surface area contributed by atoms with E-state index in [4.69, 9.17) is 19.6 Å². The van der Waals surface area contributed by atoms with Gasteiger partial charge in [0.2, 0.25) is 17.7 Å². The largest absolute Gasteiger partial charge is 0.490 e. The monoisotopic (exact) mass is 1060 g/mol. The van der Waals surface area contributed by atoms with E-state index in [1.165, 1.54) is 11.3 Å². The van der Waals surface area contributed by atoms with E-state index < -0.39 is 17.5 Å². The smallest absolute Gasteiger partial charge is 0.358 e. The predicted octanol–water partition coefficient (Wildman–Crippen LogP) is 9.91. The van der Waals surface area contributed by atoms with Crippen LogP contribution in [0.4, 0.5) is 16.6 Å². The van der Waals surface area contributed by atoms with Crippen LogP contribution in [0.3, 0.4) is 0 Å². The first-order chi connectivity index (χ1) is 37.1. The van der Waals surface area contributed by atoms with Crippen LogP contribution in [0.15, 0.2) is 91.0 Å². The third kappa shape index (κ3) is 11.0. The van der Waals surface area contributed by atoms with Crippen molar-refractivity contribution in [1.82, 2.24) is 30.0 Å². The van der Waals surface area contributed by atoms with E-state index in [9.17, 15) is 24.0 Å². The Morgan fingerprint density at radius 3 is 2.36 bits per heavy atom. The number of aryl methyl sites for hydroxylation is 2. The van der Waals surface area contributed by atoms with E-state index in [0.717, 1.165) is 86.9 Å². The first-order valence-corrected chi connectivity index (χ1v) is 27.8. The fourth-order valence-corrected chi connectivity index (χ4v) is 12.5. The van der Waals surface area contributed by atoms with E-state index in [-0.39, 0.29) is 35.4 Å². The van der Waals surface area contributed by atoms with Crippen molar-refractivity contribution in [3.05, 3.63) is 125 Å². The number of amides is 4. The Bertz CT molecular complexity index is 3400. The Kier molecular flexibility index (Phi) is 14.3. The average molecular weight is 1060 g/mol. The van der Waals surface area contributed by atoms with Gasteiger partial charge in [-0.1, -0.05) is 53.8 Å². The number of esters is 1. The number of piperidine rings is 1. The molecule has 2 N–H and O–H groups in total. The molecule has 1 saturated carbocycles. The molecule has 0 bridgehead atoms.